The Labute approximate surface area is 133 Å². The van der Waals surface area contributed by atoms with Gasteiger partial charge in [0.25, 0.3) is 0 Å². The molecule has 1 aromatic heterocycles. The van der Waals surface area contributed by atoms with Gasteiger partial charge in [-0.25, -0.2) is 9.59 Å². The summed E-state index contributed by atoms with van der Waals surface area (Å²) in [5.41, 5.74) is 2.10. The lowest BCUT2D eigenvalue weighted by Crippen LogP contribution is -2.49. The van der Waals surface area contributed by atoms with Gasteiger partial charge in [0.15, 0.2) is 0 Å². The summed E-state index contributed by atoms with van der Waals surface area (Å²) in [6, 6.07) is -0.911. The van der Waals surface area contributed by atoms with Crippen LogP contribution in [-0.4, -0.2) is 45.5 Å². The van der Waals surface area contributed by atoms with E-state index in [4.69, 9.17) is 0 Å². The minimum atomic E-state index is -1.07. The topological polar surface area (TPSA) is 98.7 Å². The van der Waals surface area contributed by atoms with Crippen LogP contribution < -0.4 is 0 Å². The molecule has 2 rings (SSSR count). The zero-order valence-corrected chi connectivity index (χ0v) is 13.4. The fraction of sp³-hybridized carbons (Fsp3) is 0.533. The fourth-order valence-electron chi connectivity index (χ4n) is 2.36. The molecule has 1 amide bonds. The summed E-state index contributed by atoms with van der Waals surface area (Å²) in [5, 5.41) is 0. The van der Waals surface area contributed by atoms with E-state index in [-0.39, 0.29) is 25.5 Å². The van der Waals surface area contributed by atoms with E-state index in [1.165, 1.54) is 11.8 Å². The van der Waals surface area contributed by atoms with E-state index >= 15 is 0 Å². The van der Waals surface area contributed by atoms with E-state index in [1.807, 2.05) is 6.92 Å². The lowest BCUT2D eigenvalue weighted by molar-refractivity contribution is -0.152. The van der Waals surface area contributed by atoms with E-state index in [1.54, 1.807) is 13.1 Å². The number of ether oxygens (including phenoxy) is 2. The molecule has 0 N–H and O–H groups in total. The standard InChI is InChI=1S/C15H19N3O5/c1-4-10-7-16-12-8-18(9(3)19)13(6-11(12)17-10)14(20)23-15(21)22-5-2/h7,13H,4-6,8H2,1-3H3. The largest absolute Gasteiger partial charge is 0.516 e. The molecule has 8 heteroatoms. The summed E-state index contributed by atoms with van der Waals surface area (Å²) in [4.78, 5) is 45.4. The van der Waals surface area contributed by atoms with E-state index in [0.29, 0.717) is 17.8 Å². The van der Waals surface area contributed by atoms with Crippen molar-refractivity contribution in [2.75, 3.05) is 6.61 Å². The molecule has 8 nitrogen and oxygen atoms in total. The summed E-state index contributed by atoms with van der Waals surface area (Å²) in [5.74, 6) is -1.13. The van der Waals surface area contributed by atoms with Gasteiger partial charge in [-0.1, -0.05) is 6.92 Å². The normalized spacial score (nSPS) is 16.5. The van der Waals surface area contributed by atoms with Crippen LogP contribution >= 0.6 is 0 Å². The average molecular weight is 321 g/mol. The van der Waals surface area contributed by atoms with Gasteiger partial charge in [0.2, 0.25) is 5.91 Å². The van der Waals surface area contributed by atoms with Crippen molar-refractivity contribution in [1.82, 2.24) is 14.9 Å². The highest BCUT2D eigenvalue weighted by atomic mass is 16.7. The molecule has 23 heavy (non-hydrogen) atoms. The Morgan fingerprint density at radius 2 is 2.04 bits per heavy atom. The first-order chi connectivity index (χ1) is 11.0. The van der Waals surface area contributed by atoms with Gasteiger partial charge in [0.1, 0.15) is 6.04 Å². The molecule has 1 atom stereocenters. The molecule has 1 aromatic rings. The number of rotatable bonds is 3. The highest BCUT2D eigenvalue weighted by Crippen LogP contribution is 2.22. The van der Waals surface area contributed by atoms with Gasteiger partial charge in [-0.05, 0) is 13.3 Å². The number of aromatic nitrogens is 2. The maximum absolute atomic E-state index is 12.2. The Morgan fingerprint density at radius 3 is 2.65 bits per heavy atom. The van der Waals surface area contributed by atoms with E-state index in [2.05, 4.69) is 19.4 Å². The van der Waals surface area contributed by atoms with Crippen LogP contribution in [0.4, 0.5) is 4.79 Å². The van der Waals surface area contributed by atoms with E-state index in [0.717, 1.165) is 5.69 Å². The number of hydrogen-bond acceptors (Lipinski definition) is 7. The molecule has 1 aliphatic heterocycles. The highest BCUT2D eigenvalue weighted by molar-refractivity contribution is 5.89. The Balaban J connectivity index is 2.24. The molecule has 0 aromatic carbocycles. The minimum Gasteiger partial charge on any atom is -0.434 e. The smallest absolute Gasteiger partial charge is 0.434 e. The molecular weight excluding hydrogens is 302 g/mol. The molecule has 1 unspecified atom stereocenters. The van der Waals surface area contributed by atoms with Crippen LogP contribution in [0.25, 0.3) is 0 Å². The number of hydrogen-bond donors (Lipinski definition) is 0. The zero-order valence-electron chi connectivity index (χ0n) is 13.4. The lowest BCUT2D eigenvalue weighted by Gasteiger charge is -2.33. The minimum absolute atomic E-state index is 0.0986. The monoisotopic (exact) mass is 321 g/mol. The van der Waals surface area contributed by atoms with Crippen LogP contribution in [0.15, 0.2) is 6.20 Å². The third-order valence-electron chi connectivity index (χ3n) is 3.55. The quantitative estimate of drug-likeness (QED) is 0.605. The Bertz CT molecular complexity index is 632. The van der Waals surface area contributed by atoms with Gasteiger partial charge in [-0.15, -0.1) is 0 Å². The fourth-order valence-corrected chi connectivity index (χ4v) is 2.36. The predicted molar refractivity (Wildman–Crippen MR) is 78.2 cm³/mol. The Kier molecular flexibility index (Phi) is 5.25. The molecule has 0 spiro atoms. The first-order valence-electron chi connectivity index (χ1n) is 7.45. The summed E-state index contributed by atoms with van der Waals surface area (Å²) < 4.78 is 9.23. The van der Waals surface area contributed by atoms with Crippen LogP contribution in [-0.2, 0) is 38.4 Å². The van der Waals surface area contributed by atoms with Crippen molar-refractivity contribution in [3.8, 4) is 0 Å². The molecule has 0 saturated carbocycles. The van der Waals surface area contributed by atoms with Crippen molar-refractivity contribution < 1.29 is 23.9 Å². The summed E-state index contributed by atoms with van der Waals surface area (Å²) in [6.45, 7) is 5.16. The first kappa shape index (κ1) is 16.9. The lowest BCUT2D eigenvalue weighted by atomic mass is 10.0. The van der Waals surface area contributed by atoms with Crippen LogP contribution in [0.3, 0.4) is 0 Å². The van der Waals surface area contributed by atoms with E-state index in [9.17, 15) is 14.4 Å². The van der Waals surface area contributed by atoms with Gasteiger partial charge < -0.3 is 14.4 Å². The second-order valence-corrected chi connectivity index (χ2v) is 5.08. The molecule has 124 valence electrons. The average Bonchev–Trinajstić information content (AvgIpc) is 2.52. The summed E-state index contributed by atoms with van der Waals surface area (Å²) in [6.07, 6.45) is 1.47. The van der Waals surface area contributed by atoms with Crippen LogP contribution in [0, 0.1) is 0 Å². The van der Waals surface area contributed by atoms with Crippen molar-refractivity contribution in [2.24, 2.45) is 0 Å². The molecule has 0 fully saturated rings. The van der Waals surface area contributed by atoms with Gasteiger partial charge in [-0.2, -0.15) is 0 Å². The van der Waals surface area contributed by atoms with Crippen LogP contribution in [0.2, 0.25) is 0 Å². The van der Waals surface area contributed by atoms with Gasteiger partial charge in [-0.3, -0.25) is 14.8 Å². The third-order valence-corrected chi connectivity index (χ3v) is 3.55. The molecule has 0 bridgehead atoms. The SMILES string of the molecule is CCOC(=O)OC(=O)C1Cc2nc(CC)cnc2CN1C(C)=O. The van der Waals surface area contributed by atoms with Crippen molar-refractivity contribution in [1.29, 1.82) is 0 Å². The highest BCUT2D eigenvalue weighted by Gasteiger charge is 2.37. The second kappa shape index (κ2) is 7.17. The maximum Gasteiger partial charge on any atom is 0.516 e. The van der Waals surface area contributed by atoms with Gasteiger partial charge >= 0.3 is 12.1 Å². The Hall–Kier alpha value is -2.51. The van der Waals surface area contributed by atoms with Crippen molar-refractivity contribution in [3.63, 3.8) is 0 Å². The number of carbonyl (C=O) groups is 3. The zero-order chi connectivity index (χ0) is 17.0. The van der Waals surface area contributed by atoms with Crippen molar-refractivity contribution in [3.05, 3.63) is 23.3 Å². The van der Waals surface area contributed by atoms with E-state index < -0.39 is 18.2 Å². The maximum atomic E-state index is 12.2. The summed E-state index contributed by atoms with van der Waals surface area (Å²) in [7, 11) is 0. The number of esters is 1. The second-order valence-electron chi connectivity index (χ2n) is 5.08. The van der Waals surface area contributed by atoms with Crippen molar-refractivity contribution >= 4 is 18.0 Å². The third kappa shape index (κ3) is 3.82. The number of carbonyl (C=O) groups excluding carboxylic acids is 3. The molecule has 0 aliphatic carbocycles. The van der Waals surface area contributed by atoms with Crippen LogP contribution in [0.5, 0.6) is 0 Å². The van der Waals surface area contributed by atoms with Gasteiger partial charge in [0, 0.05) is 19.5 Å². The van der Waals surface area contributed by atoms with Crippen LogP contribution in [0.1, 0.15) is 37.9 Å². The number of nitrogens with zero attached hydrogens (tertiary/aromatic N) is 3. The Morgan fingerprint density at radius 1 is 1.30 bits per heavy atom. The predicted octanol–water partition coefficient (Wildman–Crippen LogP) is 1.01. The van der Waals surface area contributed by atoms with Crippen molar-refractivity contribution in [2.45, 2.75) is 46.2 Å². The number of amides is 1. The van der Waals surface area contributed by atoms with Gasteiger partial charge in [0.05, 0.1) is 30.2 Å². The molecule has 2 heterocycles. The first-order valence-corrected chi connectivity index (χ1v) is 7.45. The summed E-state index contributed by atoms with van der Waals surface area (Å²) >= 11 is 0. The molecular formula is C15H19N3O5. The number of fused-ring (bicyclic) bond motifs is 1. The molecule has 0 radical (unpaired) electrons. The number of aryl methyl sites for hydroxylation is 1. The molecule has 1 aliphatic rings. The molecule has 0 saturated heterocycles.